The Hall–Kier alpha value is -2.19. The number of Topliss-reactive ketones (excluding diaryl/α,β-unsaturated/α-hetero) is 1. The highest BCUT2D eigenvalue weighted by Gasteiger charge is 2.42. The minimum Gasteiger partial charge on any atom is -0.289 e. The topological polar surface area (TPSA) is 29.4 Å². The highest BCUT2D eigenvalue weighted by atomic mass is 35.5. The first-order valence-corrected chi connectivity index (χ1v) is 10.1. The number of aliphatic imine (C=N–C) groups is 1. The monoisotopic (exact) mass is 377 g/mol. The van der Waals surface area contributed by atoms with Crippen molar-refractivity contribution in [1.29, 1.82) is 0 Å². The number of hydrogen-bond acceptors (Lipinski definition) is 2. The lowest BCUT2D eigenvalue weighted by Gasteiger charge is -2.32. The second-order valence-electron chi connectivity index (χ2n) is 7.75. The number of carbonyl (C=O) groups is 1. The van der Waals surface area contributed by atoms with Crippen LogP contribution in [-0.2, 0) is 0 Å². The lowest BCUT2D eigenvalue weighted by atomic mass is 9.76. The zero-order valence-corrected chi connectivity index (χ0v) is 16.6. The van der Waals surface area contributed by atoms with Gasteiger partial charge in [0.25, 0.3) is 0 Å². The molecule has 4 rings (SSSR count). The predicted molar refractivity (Wildman–Crippen MR) is 112 cm³/mol. The molecule has 2 nitrogen and oxygen atoms in total. The first-order valence-electron chi connectivity index (χ1n) is 9.69. The first kappa shape index (κ1) is 18.2. The number of allylic oxidation sites excluding steroid dienone is 1. The summed E-state index contributed by atoms with van der Waals surface area (Å²) in [5, 5.41) is 0.639. The Morgan fingerprint density at radius 2 is 1.56 bits per heavy atom. The quantitative estimate of drug-likeness (QED) is 0.572. The van der Waals surface area contributed by atoms with Crippen molar-refractivity contribution in [3.8, 4) is 0 Å². The molecule has 1 saturated carbocycles. The Kier molecular flexibility index (Phi) is 4.77. The normalized spacial score (nSPS) is 18.7. The third kappa shape index (κ3) is 3.27. The lowest BCUT2D eigenvalue weighted by Crippen LogP contribution is -2.29. The van der Waals surface area contributed by atoms with Crippen molar-refractivity contribution in [1.82, 2.24) is 0 Å². The van der Waals surface area contributed by atoms with Gasteiger partial charge in [-0.3, -0.25) is 9.79 Å². The second kappa shape index (κ2) is 7.09. The number of hydrogen-bond donors (Lipinski definition) is 0. The van der Waals surface area contributed by atoms with E-state index in [-0.39, 0.29) is 11.3 Å². The summed E-state index contributed by atoms with van der Waals surface area (Å²) in [6.45, 7) is 4.18. The molecule has 2 aromatic rings. The summed E-state index contributed by atoms with van der Waals surface area (Å²) in [5.41, 5.74) is 5.47. The van der Waals surface area contributed by atoms with Crippen LogP contribution in [0.5, 0.6) is 0 Å². The molecule has 1 aliphatic carbocycles. The molecule has 1 fully saturated rings. The molecule has 0 atom stereocenters. The Balaban J connectivity index is 1.84. The minimum atomic E-state index is -0.199. The van der Waals surface area contributed by atoms with Gasteiger partial charge >= 0.3 is 0 Å². The summed E-state index contributed by atoms with van der Waals surface area (Å²) < 4.78 is 0. The van der Waals surface area contributed by atoms with Crippen LogP contribution in [0.25, 0.3) is 0 Å². The van der Waals surface area contributed by atoms with Crippen LogP contribution in [0.2, 0.25) is 5.02 Å². The maximum absolute atomic E-state index is 13.5. The molecule has 0 unspecified atom stereocenters. The van der Waals surface area contributed by atoms with E-state index in [1.54, 1.807) is 12.1 Å². The van der Waals surface area contributed by atoms with E-state index in [4.69, 9.17) is 16.6 Å². The van der Waals surface area contributed by atoms with Crippen molar-refractivity contribution in [2.75, 3.05) is 0 Å². The Morgan fingerprint density at radius 1 is 0.926 bits per heavy atom. The number of ketones is 1. The molecule has 1 aliphatic heterocycles. The van der Waals surface area contributed by atoms with E-state index in [2.05, 4.69) is 38.1 Å². The van der Waals surface area contributed by atoms with Gasteiger partial charge in [-0.25, -0.2) is 0 Å². The van der Waals surface area contributed by atoms with Gasteiger partial charge in [0.05, 0.1) is 11.3 Å². The van der Waals surface area contributed by atoms with Gasteiger partial charge < -0.3 is 0 Å². The van der Waals surface area contributed by atoms with Gasteiger partial charge in [-0.2, -0.15) is 0 Å². The average Bonchev–Trinajstić information content (AvgIpc) is 2.95. The number of benzene rings is 2. The Labute approximate surface area is 166 Å². The van der Waals surface area contributed by atoms with Crippen LogP contribution in [0, 0.1) is 6.92 Å². The highest BCUT2D eigenvalue weighted by Crippen LogP contribution is 2.44. The third-order valence-corrected chi connectivity index (χ3v) is 6.23. The maximum Gasteiger partial charge on any atom is 0.195 e. The van der Waals surface area contributed by atoms with Crippen molar-refractivity contribution < 1.29 is 4.79 Å². The molecule has 1 spiro atoms. The van der Waals surface area contributed by atoms with Gasteiger partial charge in [-0.15, -0.1) is 0 Å². The van der Waals surface area contributed by atoms with Crippen molar-refractivity contribution in [2.45, 2.75) is 51.5 Å². The molecule has 1 heterocycles. The van der Waals surface area contributed by atoms with Crippen LogP contribution in [0.1, 0.15) is 60.5 Å². The smallest absolute Gasteiger partial charge is 0.195 e. The number of nitrogens with zero attached hydrogens (tertiary/aromatic N) is 1. The van der Waals surface area contributed by atoms with E-state index in [0.717, 1.165) is 35.3 Å². The molecule has 3 heteroatoms. The van der Waals surface area contributed by atoms with Crippen LogP contribution in [0.3, 0.4) is 0 Å². The van der Waals surface area contributed by atoms with E-state index >= 15 is 0 Å². The largest absolute Gasteiger partial charge is 0.289 e. The van der Waals surface area contributed by atoms with Crippen LogP contribution in [0.15, 0.2) is 64.7 Å². The van der Waals surface area contributed by atoms with Crippen LogP contribution < -0.4 is 0 Å². The van der Waals surface area contributed by atoms with Crippen molar-refractivity contribution in [2.24, 2.45) is 4.99 Å². The Bertz CT molecular complexity index is 929. The number of halogens is 1. The fourth-order valence-corrected chi connectivity index (χ4v) is 4.46. The predicted octanol–water partition coefficient (Wildman–Crippen LogP) is 6.35. The van der Waals surface area contributed by atoms with Gasteiger partial charge in [0.15, 0.2) is 5.78 Å². The average molecular weight is 378 g/mol. The van der Waals surface area contributed by atoms with Crippen molar-refractivity contribution in [3.63, 3.8) is 0 Å². The molecule has 0 saturated heterocycles. The molecule has 2 aromatic carbocycles. The molecule has 2 aliphatic rings. The lowest BCUT2D eigenvalue weighted by molar-refractivity contribution is 0.103. The molecular formula is C24H24ClNO. The van der Waals surface area contributed by atoms with Gasteiger partial charge in [0, 0.05) is 21.7 Å². The Morgan fingerprint density at radius 3 is 2.19 bits per heavy atom. The zero-order chi connectivity index (χ0) is 19.0. The maximum atomic E-state index is 13.5. The van der Waals surface area contributed by atoms with Gasteiger partial charge in [0.2, 0.25) is 0 Å². The van der Waals surface area contributed by atoms with E-state index in [1.807, 2.05) is 12.1 Å². The standard InChI is InChI=1S/C24H24ClNO/c1-16-6-8-18(9-7-16)22-21(23(27)19-10-12-20(25)13-11-19)17(2)24(26-22)14-4-3-5-15-24/h6-13H,3-5,14-15H2,1-2H3. The molecule has 0 aromatic heterocycles. The summed E-state index contributed by atoms with van der Waals surface area (Å²) in [6, 6.07) is 15.5. The molecule has 0 N–H and O–H groups in total. The second-order valence-corrected chi connectivity index (χ2v) is 8.19. The SMILES string of the molecule is CC1=C(C(=O)c2ccc(Cl)cc2)C(c2ccc(C)cc2)=NC12CCCCC2. The van der Waals surface area contributed by atoms with Gasteiger partial charge in [0.1, 0.15) is 0 Å². The first-order chi connectivity index (χ1) is 13.0. The van der Waals surface area contributed by atoms with Gasteiger partial charge in [-0.05, 0) is 56.5 Å². The van der Waals surface area contributed by atoms with E-state index in [1.165, 1.54) is 24.8 Å². The number of rotatable bonds is 3. The zero-order valence-electron chi connectivity index (χ0n) is 15.9. The van der Waals surface area contributed by atoms with Crippen molar-refractivity contribution >= 4 is 23.1 Å². The molecule has 0 radical (unpaired) electrons. The number of carbonyl (C=O) groups excluding carboxylic acids is 1. The highest BCUT2D eigenvalue weighted by molar-refractivity contribution is 6.35. The molecular weight excluding hydrogens is 354 g/mol. The van der Waals surface area contributed by atoms with Crippen LogP contribution >= 0.6 is 11.6 Å². The van der Waals surface area contributed by atoms with Crippen molar-refractivity contribution in [3.05, 3.63) is 81.4 Å². The fourth-order valence-electron chi connectivity index (χ4n) is 4.33. The minimum absolute atomic E-state index is 0.0472. The van der Waals surface area contributed by atoms with Crippen LogP contribution in [0.4, 0.5) is 0 Å². The molecule has 0 bridgehead atoms. The van der Waals surface area contributed by atoms with E-state index in [9.17, 15) is 4.79 Å². The summed E-state index contributed by atoms with van der Waals surface area (Å²) in [6.07, 6.45) is 5.66. The molecule has 27 heavy (non-hydrogen) atoms. The summed E-state index contributed by atoms with van der Waals surface area (Å²) in [5.74, 6) is 0.0472. The summed E-state index contributed by atoms with van der Waals surface area (Å²) in [4.78, 5) is 18.7. The third-order valence-electron chi connectivity index (χ3n) is 5.97. The molecule has 0 amide bonds. The summed E-state index contributed by atoms with van der Waals surface area (Å²) >= 11 is 6.01. The van der Waals surface area contributed by atoms with Gasteiger partial charge in [-0.1, -0.05) is 60.7 Å². The van der Waals surface area contributed by atoms with E-state index < -0.39 is 0 Å². The van der Waals surface area contributed by atoms with Crippen LogP contribution in [-0.4, -0.2) is 17.0 Å². The summed E-state index contributed by atoms with van der Waals surface area (Å²) in [7, 11) is 0. The fraction of sp³-hybridized carbons (Fsp3) is 0.333. The number of aryl methyl sites for hydroxylation is 1. The van der Waals surface area contributed by atoms with E-state index in [0.29, 0.717) is 10.6 Å². The molecule has 138 valence electrons.